The number of benzene rings is 1. The maximum atomic E-state index is 14.8. The highest BCUT2D eigenvalue weighted by Gasteiger charge is 2.29. The minimum Gasteiger partial charge on any atom is -0.487 e. The number of nitrogens with zero attached hydrogens (tertiary/aromatic N) is 4. The van der Waals surface area contributed by atoms with Crippen LogP contribution in [0.2, 0.25) is 0 Å². The van der Waals surface area contributed by atoms with Gasteiger partial charge >= 0.3 is 12.1 Å². The first-order valence-electron chi connectivity index (χ1n) is 11.3. The first-order valence-corrected chi connectivity index (χ1v) is 11.3. The van der Waals surface area contributed by atoms with E-state index in [1.807, 2.05) is 6.92 Å². The van der Waals surface area contributed by atoms with Gasteiger partial charge in [0.15, 0.2) is 11.6 Å². The van der Waals surface area contributed by atoms with E-state index < -0.39 is 23.8 Å². The van der Waals surface area contributed by atoms with Crippen LogP contribution in [0.4, 0.5) is 9.18 Å². The molecule has 1 aliphatic rings. The van der Waals surface area contributed by atoms with Gasteiger partial charge in [-0.3, -0.25) is 4.79 Å². The third kappa shape index (κ3) is 6.21. The van der Waals surface area contributed by atoms with Gasteiger partial charge in [0.25, 0.3) is 0 Å². The molecule has 0 bridgehead atoms. The smallest absolute Gasteiger partial charge is 0.409 e. The third-order valence-electron chi connectivity index (χ3n) is 5.91. The van der Waals surface area contributed by atoms with Crippen LogP contribution in [-0.2, 0) is 23.2 Å². The lowest BCUT2D eigenvalue weighted by molar-refractivity contribution is -0.143. The van der Waals surface area contributed by atoms with E-state index >= 15 is 0 Å². The van der Waals surface area contributed by atoms with Crippen LogP contribution >= 0.6 is 0 Å². The standard InChI is InChI=1S/C23H31FN4O5/c1-4-5-11-27(2)23(31)32-14-19-21(25-26-28(19)3)15-9-10-20(18(24)13-15)33-17-8-6-7-16(12-17)22(29)30/h9-10,13,16-17H,4-8,11-12,14H2,1-3H3,(H,29,30)/t16-,17-/m0/s1. The average Bonchev–Trinajstić information content (AvgIpc) is 3.17. The van der Waals surface area contributed by atoms with Crippen LogP contribution in [0.1, 0.15) is 51.1 Å². The van der Waals surface area contributed by atoms with Crippen molar-refractivity contribution >= 4 is 12.1 Å². The Bertz CT molecular complexity index is 980. The molecule has 1 amide bonds. The van der Waals surface area contributed by atoms with Crippen LogP contribution in [-0.4, -0.2) is 56.8 Å². The van der Waals surface area contributed by atoms with Crippen LogP contribution in [0.15, 0.2) is 18.2 Å². The molecule has 1 saturated carbocycles. The van der Waals surface area contributed by atoms with Crippen molar-refractivity contribution in [3.8, 4) is 17.0 Å². The molecule has 180 valence electrons. The summed E-state index contributed by atoms with van der Waals surface area (Å²) < 4.78 is 27.5. The molecule has 2 atom stereocenters. The number of ether oxygens (including phenoxy) is 2. The molecular formula is C23H31FN4O5. The zero-order valence-electron chi connectivity index (χ0n) is 19.3. The predicted octanol–water partition coefficient (Wildman–Crippen LogP) is 4.01. The summed E-state index contributed by atoms with van der Waals surface area (Å²) in [6.45, 7) is 2.60. The van der Waals surface area contributed by atoms with Crippen molar-refractivity contribution in [1.29, 1.82) is 0 Å². The Morgan fingerprint density at radius 2 is 2.12 bits per heavy atom. The molecule has 1 aromatic carbocycles. The van der Waals surface area contributed by atoms with Gasteiger partial charge in [0.1, 0.15) is 18.0 Å². The minimum atomic E-state index is -0.841. The first-order chi connectivity index (χ1) is 15.8. The number of carboxylic acids is 1. The monoisotopic (exact) mass is 462 g/mol. The van der Waals surface area contributed by atoms with Gasteiger partial charge in [0.2, 0.25) is 0 Å². The van der Waals surface area contributed by atoms with Gasteiger partial charge in [-0.2, -0.15) is 0 Å². The van der Waals surface area contributed by atoms with Gasteiger partial charge in [0, 0.05) is 26.2 Å². The van der Waals surface area contributed by atoms with E-state index in [0.29, 0.717) is 42.8 Å². The fraction of sp³-hybridized carbons (Fsp3) is 0.565. The van der Waals surface area contributed by atoms with Gasteiger partial charge in [0.05, 0.1) is 12.0 Å². The van der Waals surface area contributed by atoms with Gasteiger partial charge < -0.3 is 19.5 Å². The number of carbonyl (C=O) groups excluding carboxylic acids is 1. The summed E-state index contributed by atoms with van der Waals surface area (Å²) in [5.41, 5.74) is 1.43. The summed E-state index contributed by atoms with van der Waals surface area (Å²) in [5.74, 6) is -1.80. The largest absolute Gasteiger partial charge is 0.487 e. The Morgan fingerprint density at radius 1 is 1.33 bits per heavy atom. The number of halogens is 1. The minimum absolute atomic E-state index is 0.0490. The number of aliphatic carboxylic acids is 1. The molecule has 9 nitrogen and oxygen atoms in total. The number of unbranched alkanes of at least 4 members (excludes halogenated alkanes) is 1. The fourth-order valence-corrected chi connectivity index (χ4v) is 3.89. The lowest BCUT2D eigenvalue weighted by atomic mass is 9.87. The number of aryl methyl sites for hydroxylation is 1. The van der Waals surface area contributed by atoms with E-state index in [0.717, 1.165) is 19.3 Å². The molecule has 1 heterocycles. The molecule has 0 radical (unpaired) electrons. The summed E-state index contributed by atoms with van der Waals surface area (Å²) in [5, 5.41) is 17.3. The van der Waals surface area contributed by atoms with Gasteiger partial charge in [-0.25, -0.2) is 13.9 Å². The summed E-state index contributed by atoms with van der Waals surface area (Å²) in [6, 6.07) is 4.48. The molecule has 0 unspecified atom stereocenters. The van der Waals surface area contributed by atoms with Gasteiger partial charge in [-0.05, 0) is 50.3 Å². The number of amides is 1. The van der Waals surface area contributed by atoms with E-state index in [4.69, 9.17) is 9.47 Å². The van der Waals surface area contributed by atoms with Crippen molar-refractivity contribution < 1.29 is 28.6 Å². The van der Waals surface area contributed by atoms with E-state index in [-0.39, 0.29) is 18.5 Å². The predicted molar refractivity (Wildman–Crippen MR) is 118 cm³/mol. The van der Waals surface area contributed by atoms with E-state index in [1.165, 1.54) is 21.7 Å². The molecule has 1 aliphatic carbocycles. The second kappa shape index (κ2) is 11.1. The number of hydrogen-bond acceptors (Lipinski definition) is 6. The Labute approximate surface area is 192 Å². The van der Waals surface area contributed by atoms with Crippen molar-refractivity contribution in [2.75, 3.05) is 13.6 Å². The molecule has 1 aromatic heterocycles. The third-order valence-corrected chi connectivity index (χ3v) is 5.91. The van der Waals surface area contributed by atoms with E-state index in [9.17, 15) is 19.1 Å². The summed E-state index contributed by atoms with van der Waals surface area (Å²) in [4.78, 5) is 25.0. The van der Waals surface area contributed by atoms with Crippen molar-refractivity contribution in [3.05, 3.63) is 29.7 Å². The molecule has 0 spiro atoms. The molecule has 33 heavy (non-hydrogen) atoms. The SMILES string of the molecule is CCCCN(C)C(=O)OCc1c(-c2ccc(O[C@H]3CCC[C@H](C(=O)O)C3)c(F)c2)nnn1C. The highest BCUT2D eigenvalue weighted by atomic mass is 19.1. The van der Waals surface area contributed by atoms with Gasteiger partial charge in [-0.15, -0.1) is 5.10 Å². The highest BCUT2D eigenvalue weighted by Crippen LogP contribution is 2.31. The number of carboxylic acid groups (broad SMARTS) is 1. The van der Waals surface area contributed by atoms with Crippen molar-refractivity contribution in [2.45, 2.75) is 58.2 Å². The molecule has 0 aliphatic heterocycles. The number of hydrogen-bond donors (Lipinski definition) is 1. The zero-order valence-corrected chi connectivity index (χ0v) is 19.3. The van der Waals surface area contributed by atoms with E-state index in [1.54, 1.807) is 20.2 Å². The Hall–Kier alpha value is -3.17. The molecule has 0 saturated heterocycles. The van der Waals surface area contributed by atoms with Crippen LogP contribution in [0.25, 0.3) is 11.3 Å². The highest BCUT2D eigenvalue weighted by molar-refractivity contribution is 5.70. The van der Waals surface area contributed by atoms with Crippen LogP contribution < -0.4 is 4.74 Å². The van der Waals surface area contributed by atoms with Crippen LogP contribution in [0, 0.1) is 11.7 Å². The average molecular weight is 463 g/mol. The normalized spacial score (nSPS) is 18.1. The van der Waals surface area contributed by atoms with Crippen LogP contribution in [0.3, 0.4) is 0 Å². The van der Waals surface area contributed by atoms with Crippen molar-refractivity contribution in [3.63, 3.8) is 0 Å². The summed E-state index contributed by atoms with van der Waals surface area (Å²) in [6.07, 6.45) is 3.48. The number of carbonyl (C=O) groups is 2. The topological polar surface area (TPSA) is 107 Å². The van der Waals surface area contributed by atoms with Crippen molar-refractivity contribution in [2.24, 2.45) is 13.0 Å². The zero-order chi connectivity index (χ0) is 24.0. The molecule has 10 heteroatoms. The van der Waals surface area contributed by atoms with Crippen molar-refractivity contribution in [1.82, 2.24) is 19.9 Å². The Kier molecular flexibility index (Phi) is 8.24. The lowest BCUT2D eigenvalue weighted by Crippen LogP contribution is -2.29. The molecular weight excluding hydrogens is 431 g/mol. The maximum Gasteiger partial charge on any atom is 0.409 e. The Morgan fingerprint density at radius 3 is 2.82 bits per heavy atom. The molecule has 2 aromatic rings. The van der Waals surface area contributed by atoms with Gasteiger partial charge in [-0.1, -0.05) is 18.6 Å². The molecule has 1 fully saturated rings. The Balaban J connectivity index is 1.68. The molecule has 1 N–H and O–H groups in total. The van der Waals surface area contributed by atoms with Crippen LogP contribution in [0.5, 0.6) is 5.75 Å². The summed E-state index contributed by atoms with van der Waals surface area (Å²) in [7, 11) is 3.36. The molecule has 3 rings (SSSR count). The lowest BCUT2D eigenvalue weighted by Gasteiger charge is -2.27. The quantitative estimate of drug-likeness (QED) is 0.600. The second-order valence-electron chi connectivity index (χ2n) is 8.42. The second-order valence-corrected chi connectivity index (χ2v) is 8.42. The fourth-order valence-electron chi connectivity index (χ4n) is 3.89. The number of rotatable bonds is 9. The number of aromatic nitrogens is 3. The van der Waals surface area contributed by atoms with E-state index in [2.05, 4.69) is 10.3 Å². The maximum absolute atomic E-state index is 14.8. The first kappa shape index (κ1) is 24.5. The summed E-state index contributed by atoms with van der Waals surface area (Å²) >= 11 is 0.